The lowest BCUT2D eigenvalue weighted by molar-refractivity contribution is 0.0739. The first kappa shape index (κ1) is 25.3. The Bertz CT molecular complexity index is 1440. The second-order valence-corrected chi connectivity index (χ2v) is 10.00. The van der Waals surface area contributed by atoms with Crippen LogP contribution in [0.5, 0.6) is 5.75 Å². The number of halogens is 1. The summed E-state index contributed by atoms with van der Waals surface area (Å²) in [6, 6.07) is 17.4. The summed E-state index contributed by atoms with van der Waals surface area (Å²) in [6.07, 6.45) is 1.19. The Morgan fingerprint density at radius 3 is 2.39 bits per heavy atom. The van der Waals surface area contributed by atoms with E-state index in [1.165, 1.54) is 30.7 Å². The number of aliphatic hydroxyl groups is 1. The zero-order valence-electron chi connectivity index (χ0n) is 19.1. The van der Waals surface area contributed by atoms with Crippen molar-refractivity contribution in [2.45, 2.75) is 16.8 Å². The van der Waals surface area contributed by atoms with Crippen LogP contribution in [-0.4, -0.2) is 32.5 Å². The van der Waals surface area contributed by atoms with Gasteiger partial charge in [0.05, 0.1) is 23.2 Å². The predicted octanol–water partition coefficient (Wildman–Crippen LogP) is 4.31. The van der Waals surface area contributed by atoms with E-state index in [1.54, 1.807) is 42.5 Å². The first-order valence-electron chi connectivity index (χ1n) is 11.1. The molecule has 0 aliphatic carbocycles. The number of carbonyl (C=O) groups excluding carboxylic acids is 1. The summed E-state index contributed by atoms with van der Waals surface area (Å²) >= 11 is 0. The van der Waals surface area contributed by atoms with Crippen molar-refractivity contribution in [2.75, 3.05) is 13.2 Å². The lowest BCUT2D eigenvalue weighted by Crippen LogP contribution is -2.19. The monoisotopic (exact) mass is 509 g/mol. The summed E-state index contributed by atoms with van der Waals surface area (Å²) in [5.74, 6) is -1.62. The molecule has 4 aromatic rings. The second-order valence-electron chi connectivity index (χ2n) is 8.01. The number of hydrogen-bond acceptors (Lipinski definition) is 7. The Kier molecular flexibility index (Phi) is 7.64. The minimum atomic E-state index is -3.97. The molecule has 0 amide bonds. The Labute approximate surface area is 207 Å². The predicted molar refractivity (Wildman–Crippen MR) is 132 cm³/mol. The summed E-state index contributed by atoms with van der Waals surface area (Å²) in [4.78, 5) is 13.2. The lowest BCUT2D eigenvalue weighted by Gasteiger charge is -2.22. The fourth-order valence-electron chi connectivity index (χ4n) is 3.85. The molecule has 9 heteroatoms. The SMILES string of the molecule is NCCOc1c(-c2ccoc2)ccc(CS(=O)(=O)c2ccc(F)cc2)c1C(O)C(=O)c1ccccc1. The highest BCUT2D eigenvalue weighted by Crippen LogP contribution is 2.41. The van der Waals surface area contributed by atoms with Crippen molar-refractivity contribution in [3.05, 3.63) is 108 Å². The van der Waals surface area contributed by atoms with E-state index >= 15 is 0 Å². The van der Waals surface area contributed by atoms with Crippen molar-refractivity contribution in [2.24, 2.45) is 5.73 Å². The molecule has 4 rings (SSSR count). The molecule has 1 heterocycles. The van der Waals surface area contributed by atoms with Gasteiger partial charge in [-0.15, -0.1) is 0 Å². The highest BCUT2D eigenvalue weighted by molar-refractivity contribution is 7.90. The van der Waals surface area contributed by atoms with Gasteiger partial charge >= 0.3 is 0 Å². The normalized spacial score (nSPS) is 12.3. The van der Waals surface area contributed by atoms with E-state index in [-0.39, 0.29) is 40.5 Å². The van der Waals surface area contributed by atoms with Gasteiger partial charge in [-0.3, -0.25) is 4.79 Å². The van der Waals surface area contributed by atoms with Crippen LogP contribution in [0.1, 0.15) is 27.6 Å². The van der Waals surface area contributed by atoms with Crippen molar-refractivity contribution < 1.29 is 31.9 Å². The molecule has 3 aromatic carbocycles. The molecular weight excluding hydrogens is 485 g/mol. The Balaban J connectivity index is 1.88. The molecule has 1 unspecified atom stereocenters. The van der Waals surface area contributed by atoms with Crippen LogP contribution in [0.3, 0.4) is 0 Å². The van der Waals surface area contributed by atoms with Crippen molar-refractivity contribution in [1.82, 2.24) is 0 Å². The zero-order chi connectivity index (χ0) is 25.7. The maximum absolute atomic E-state index is 13.4. The molecule has 0 spiro atoms. The minimum Gasteiger partial charge on any atom is -0.491 e. The van der Waals surface area contributed by atoms with Crippen LogP contribution in [0.2, 0.25) is 0 Å². The first-order chi connectivity index (χ1) is 17.3. The number of furan rings is 1. The molecule has 7 nitrogen and oxygen atoms in total. The number of carbonyl (C=O) groups is 1. The molecule has 1 aromatic heterocycles. The van der Waals surface area contributed by atoms with Gasteiger partial charge in [0.15, 0.2) is 15.6 Å². The van der Waals surface area contributed by atoms with E-state index in [4.69, 9.17) is 14.9 Å². The number of aliphatic hydroxyl groups excluding tert-OH is 1. The zero-order valence-corrected chi connectivity index (χ0v) is 20.0. The van der Waals surface area contributed by atoms with E-state index in [9.17, 15) is 22.7 Å². The molecular formula is C27H24FNO6S. The number of ketones is 1. The number of benzene rings is 3. The molecule has 0 saturated heterocycles. The van der Waals surface area contributed by atoms with Gasteiger partial charge in [-0.2, -0.15) is 0 Å². The smallest absolute Gasteiger partial charge is 0.195 e. The second kappa shape index (κ2) is 10.9. The summed E-state index contributed by atoms with van der Waals surface area (Å²) in [6.45, 7) is 0.198. The van der Waals surface area contributed by atoms with E-state index in [2.05, 4.69) is 0 Å². The highest BCUT2D eigenvalue weighted by atomic mass is 32.2. The third kappa shape index (κ3) is 5.38. The first-order valence-corrected chi connectivity index (χ1v) is 12.7. The van der Waals surface area contributed by atoms with E-state index in [0.717, 1.165) is 12.1 Å². The standard InChI is InChI=1S/C27H24FNO6S/c28-21-7-9-22(10-8-21)36(32,33)17-20-6-11-23(19-12-14-34-16-19)27(35-15-13-29)24(20)26(31)25(30)18-4-2-1-3-5-18/h1-12,14,16,26,31H,13,15,17,29H2. The molecule has 36 heavy (non-hydrogen) atoms. The number of hydrogen-bond donors (Lipinski definition) is 2. The van der Waals surface area contributed by atoms with Gasteiger partial charge in [0.2, 0.25) is 0 Å². The largest absolute Gasteiger partial charge is 0.491 e. The Hall–Kier alpha value is -3.79. The van der Waals surface area contributed by atoms with Gasteiger partial charge in [0, 0.05) is 28.8 Å². The van der Waals surface area contributed by atoms with Crippen molar-refractivity contribution in [3.63, 3.8) is 0 Å². The quantitative estimate of drug-likeness (QED) is 0.241. The maximum atomic E-state index is 13.4. The lowest BCUT2D eigenvalue weighted by atomic mass is 9.92. The Morgan fingerprint density at radius 1 is 1.03 bits per heavy atom. The maximum Gasteiger partial charge on any atom is 0.195 e. The third-order valence-electron chi connectivity index (χ3n) is 5.58. The van der Waals surface area contributed by atoms with Crippen molar-refractivity contribution in [3.8, 4) is 16.9 Å². The highest BCUT2D eigenvalue weighted by Gasteiger charge is 2.30. The fourth-order valence-corrected chi connectivity index (χ4v) is 5.23. The van der Waals surface area contributed by atoms with Crippen molar-refractivity contribution in [1.29, 1.82) is 0 Å². The average molecular weight is 510 g/mol. The van der Waals surface area contributed by atoms with Gasteiger partial charge in [0.1, 0.15) is 24.3 Å². The van der Waals surface area contributed by atoms with Crippen LogP contribution in [0.15, 0.2) is 94.6 Å². The summed E-state index contributed by atoms with van der Waals surface area (Å²) < 4.78 is 50.9. The van der Waals surface area contributed by atoms with E-state index in [1.807, 2.05) is 0 Å². The summed E-state index contributed by atoms with van der Waals surface area (Å²) in [5.41, 5.74) is 7.18. The van der Waals surface area contributed by atoms with Crippen LogP contribution >= 0.6 is 0 Å². The van der Waals surface area contributed by atoms with Gasteiger partial charge in [-0.1, -0.05) is 42.5 Å². The van der Waals surface area contributed by atoms with Crippen LogP contribution in [0, 0.1) is 5.82 Å². The third-order valence-corrected chi connectivity index (χ3v) is 7.26. The molecule has 0 aliphatic heterocycles. The molecule has 186 valence electrons. The average Bonchev–Trinajstić information content (AvgIpc) is 3.42. The van der Waals surface area contributed by atoms with Gasteiger partial charge in [-0.05, 0) is 35.9 Å². The molecule has 0 aliphatic rings. The topological polar surface area (TPSA) is 120 Å². The van der Waals surface area contributed by atoms with E-state index < -0.39 is 33.3 Å². The van der Waals surface area contributed by atoms with Crippen LogP contribution < -0.4 is 10.5 Å². The van der Waals surface area contributed by atoms with E-state index in [0.29, 0.717) is 11.1 Å². The summed E-state index contributed by atoms with van der Waals surface area (Å²) in [7, 11) is -3.97. The molecule has 0 bridgehead atoms. The van der Waals surface area contributed by atoms with Crippen LogP contribution in [0.25, 0.3) is 11.1 Å². The number of ether oxygens (including phenoxy) is 1. The number of rotatable bonds is 10. The molecule has 1 atom stereocenters. The Morgan fingerprint density at radius 2 is 1.75 bits per heavy atom. The number of Topliss-reactive ketones (excluding diaryl/α,β-unsaturated/α-hetero) is 1. The molecule has 0 saturated carbocycles. The number of nitrogens with two attached hydrogens (primary N) is 1. The summed E-state index contributed by atoms with van der Waals surface area (Å²) in [5, 5.41) is 11.3. The van der Waals surface area contributed by atoms with Gasteiger partial charge in [-0.25, -0.2) is 12.8 Å². The van der Waals surface area contributed by atoms with Crippen LogP contribution in [0.4, 0.5) is 4.39 Å². The van der Waals surface area contributed by atoms with Gasteiger partial charge in [0.25, 0.3) is 0 Å². The molecule has 3 N–H and O–H groups in total. The van der Waals surface area contributed by atoms with Gasteiger partial charge < -0.3 is 20.0 Å². The van der Waals surface area contributed by atoms with Crippen molar-refractivity contribution >= 4 is 15.6 Å². The number of sulfone groups is 1. The minimum absolute atomic E-state index is 0.0155. The molecule has 0 fully saturated rings. The molecule has 0 radical (unpaired) electrons. The fraction of sp³-hybridized carbons (Fsp3) is 0.148. The van der Waals surface area contributed by atoms with Crippen LogP contribution in [-0.2, 0) is 15.6 Å².